The zero-order valence-corrected chi connectivity index (χ0v) is 9.78. The Balaban J connectivity index is 1.97. The minimum absolute atomic E-state index is 0.139. The van der Waals surface area contributed by atoms with E-state index < -0.39 is 5.97 Å². The van der Waals surface area contributed by atoms with Crippen molar-refractivity contribution in [1.82, 2.24) is 10.2 Å². The molecule has 0 spiro atoms. The Labute approximate surface area is 102 Å². The van der Waals surface area contributed by atoms with Crippen LogP contribution in [0.25, 0.3) is 0 Å². The number of aromatic nitrogens is 2. The van der Waals surface area contributed by atoms with Crippen LogP contribution >= 0.6 is 11.3 Å². The van der Waals surface area contributed by atoms with Crippen LogP contribution in [0.1, 0.15) is 10.6 Å². The zero-order valence-electron chi connectivity index (χ0n) is 8.96. The smallest absolute Gasteiger partial charge is 0.322 e. The number of rotatable bonds is 5. The lowest BCUT2D eigenvalue weighted by atomic mass is 10.2. The second-order valence-electron chi connectivity index (χ2n) is 3.41. The quantitative estimate of drug-likeness (QED) is 0.842. The number of benzene rings is 1. The summed E-state index contributed by atoms with van der Waals surface area (Å²) in [6.45, 7) is -0.139. The lowest BCUT2D eigenvalue weighted by molar-refractivity contribution is -0.134. The van der Waals surface area contributed by atoms with Crippen LogP contribution in [0.15, 0.2) is 30.3 Å². The Morgan fingerprint density at radius 1 is 1.29 bits per heavy atom. The molecular weight excluding hydrogens is 238 g/mol. The highest BCUT2D eigenvalue weighted by Gasteiger charge is 2.05. The van der Waals surface area contributed by atoms with Crippen molar-refractivity contribution < 1.29 is 9.90 Å². The van der Waals surface area contributed by atoms with Crippen LogP contribution in [0, 0.1) is 0 Å². The maximum Gasteiger partial charge on any atom is 0.322 e. The normalized spacial score (nSPS) is 10.1. The van der Waals surface area contributed by atoms with E-state index in [1.54, 1.807) is 0 Å². The molecule has 5 nitrogen and oxygen atoms in total. The molecule has 2 N–H and O–H groups in total. The van der Waals surface area contributed by atoms with E-state index >= 15 is 0 Å². The maximum absolute atomic E-state index is 10.4. The van der Waals surface area contributed by atoms with Gasteiger partial charge in [0.25, 0.3) is 0 Å². The summed E-state index contributed by atoms with van der Waals surface area (Å²) in [5.74, 6) is -0.912. The summed E-state index contributed by atoms with van der Waals surface area (Å²) in [5.41, 5.74) is 1.16. The summed E-state index contributed by atoms with van der Waals surface area (Å²) < 4.78 is 0. The van der Waals surface area contributed by atoms with Crippen LogP contribution in [-0.2, 0) is 11.2 Å². The molecule has 0 saturated heterocycles. The SMILES string of the molecule is O=C(O)CNc1nnc(Cc2ccccc2)s1. The number of carboxylic acid groups (broad SMARTS) is 1. The van der Waals surface area contributed by atoms with E-state index in [-0.39, 0.29) is 6.54 Å². The third kappa shape index (κ3) is 3.53. The molecule has 2 rings (SSSR count). The van der Waals surface area contributed by atoms with Gasteiger partial charge in [0, 0.05) is 6.42 Å². The Morgan fingerprint density at radius 2 is 2.06 bits per heavy atom. The topological polar surface area (TPSA) is 75.1 Å². The summed E-state index contributed by atoms with van der Waals surface area (Å²) >= 11 is 1.37. The third-order valence-corrected chi connectivity index (χ3v) is 2.94. The zero-order chi connectivity index (χ0) is 12.1. The molecule has 1 aromatic carbocycles. The first-order chi connectivity index (χ1) is 8.24. The molecule has 1 aromatic heterocycles. The van der Waals surface area contributed by atoms with Gasteiger partial charge < -0.3 is 10.4 Å². The minimum Gasteiger partial charge on any atom is -0.480 e. The van der Waals surface area contributed by atoms with Crippen molar-refractivity contribution in [3.8, 4) is 0 Å². The first-order valence-electron chi connectivity index (χ1n) is 5.06. The molecular formula is C11H11N3O2S. The highest BCUT2D eigenvalue weighted by molar-refractivity contribution is 7.15. The third-order valence-electron chi connectivity index (χ3n) is 2.06. The summed E-state index contributed by atoms with van der Waals surface area (Å²) in [6.07, 6.45) is 0.716. The lowest BCUT2D eigenvalue weighted by Crippen LogP contribution is -2.11. The first kappa shape index (κ1) is 11.5. The molecule has 0 unspecified atom stereocenters. The number of hydrogen-bond donors (Lipinski definition) is 2. The fourth-order valence-electron chi connectivity index (χ4n) is 1.32. The second-order valence-corrected chi connectivity index (χ2v) is 4.47. The van der Waals surface area contributed by atoms with Gasteiger partial charge >= 0.3 is 5.97 Å². The summed E-state index contributed by atoms with van der Waals surface area (Å²) in [5, 5.41) is 20.5. The van der Waals surface area contributed by atoms with Crippen LogP contribution in [0.3, 0.4) is 0 Å². The van der Waals surface area contributed by atoms with E-state index in [0.717, 1.165) is 10.6 Å². The molecule has 0 atom stereocenters. The molecule has 0 aliphatic carbocycles. The van der Waals surface area contributed by atoms with Gasteiger partial charge in [-0.2, -0.15) is 0 Å². The van der Waals surface area contributed by atoms with Crippen molar-refractivity contribution in [2.24, 2.45) is 0 Å². The van der Waals surface area contributed by atoms with E-state index in [0.29, 0.717) is 11.6 Å². The van der Waals surface area contributed by atoms with Gasteiger partial charge in [-0.25, -0.2) is 0 Å². The number of aliphatic carboxylic acids is 1. The van der Waals surface area contributed by atoms with Crippen LogP contribution in [0.5, 0.6) is 0 Å². The molecule has 1 heterocycles. The van der Waals surface area contributed by atoms with Crippen molar-refractivity contribution in [1.29, 1.82) is 0 Å². The molecule has 0 aliphatic heterocycles. The molecule has 2 aromatic rings. The van der Waals surface area contributed by atoms with Gasteiger partial charge in [0.2, 0.25) is 5.13 Å². The Kier molecular flexibility index (Phi) is 3.66. The van der Waals surface area contributed by atoms with Gasteiger partial charge in [-0.15, -0.1) is 10.2 Å². The van der Waals surface area contributed by atoms with Crippen molar-refractivity contribution >= 4 is 22.4 Å². The van der Waals surface area contributed by atoms with Crippen LogP contribution in [0.2, 0.25) is 0 Å². The lowest BCUT2D eigenvalue weighted by Gasteiger charge is -1.95. The Hall–Kier alpha value is -1.95. The molecule has 0 fully saturated rings. The van der Waals surface area contributed by atoms with Crippen molar-refractivity contribution in [3.63, 3.8) is 0 Å². The Bertz CT molecular complexity index is 498. The molecule has 0 bridgehead atoms. The van der Waals surface area contributed by atoms with Crippen molar-refractivity contribution in [3.05, 3.63) is 40.9 Å². The first-order valence-corrected chi connectivity index (χ1v) is 5.87. The van der Waals surface area contributed by atoms with Crippen LogP contribution in [-0.4, -0.2) is 27.8 Å². The van der Waals surface area contributed by atoms with Crippen LogP contribution < -0.4 is 5.32 Å². The predicted molar refractivity (Wildman–Crippen MR) is 65.3 cm³/mol. The van der Waals surface area contributed by atoms with Crippen LogP contribution in [0.4, 0.5) is 5.13 Å². The number of anilines is 1. The van der Waals surface area contributed by atoms with Gasteiger partial charge in [0.05, 0.1) is 0 Å². The largest absolute Gasteiger partial charge is 0.480 e. The van der Waals surface area contributed by atoms with E-state index in [4.69, 9.17) is 5.11 Å². The number of carbonyl (C=O) groups is 1. The van der Waals surface area contributed by atoms with Gasteiger partial charge in [-0.05, 0) is 5.56 Å². The fraction of sp³-hybridized carbons (Fsp3) is 0.182. The maximum atomic E-state index is 10.4. The monoisotopic (exact) mass is 249 g/mol. The van der Waals surface area contributed by atoms with Gasteiger partial charge in [0.1, 0.15) is 11.6 Å². The minimum atomic E-state index is -0.912. The van der Waals surface area contributed by atoms with Crippen molar-refractivity contribution in [2.75, 3.05) is 11.9 Å². The molecule has 0 radical (unpaired) electrons. The van der Waals surface area contributed by atoms with E-state index in [1.807, 2.05) is 30.3 Å². The summed E-state index contributed by atoms with van der Waals surface area (Å²) in [4.78, 5) is 10.4. The second kappa shape index (κ2) is 5.40. The highest BCUT2D eigenvalue weighted by atomic mass is 32.1. The average Bonchev–Trinajstić information content (AvgIpc) is 2.75. The van der Waals surface area contributed by atoms with Gasteiger partial charge in [-0.3, -0.25) is 4.79 Å². The molecule has 0 amide bonds. The fourth-order valence-corrected chi connectivity index (χ4v) is 2.09. The molecule has 6 heteroatoms. The number of carboxylic acids is 1. The standard InChI is InChI=1S/C11H11N3O2S/c15-10(16)7-12-11-14-13-9(17-11)6-8-4-2-1-3-5-8/h1-5H,6-7H2,(H,12,14)(H,15,16). The predicted octanol–water partition coefficient (Wildman–Crippen LogP) is 1.63. The van der Waals surface area contributed by atoms with E-state index in [1.165, 1.54) is 11.3 Å². The summed E-state index contributed by atoms with van der Waals surface area (Å²) in [6, 6.07) is 9.95. The Morgan fingerprint density at radius 3 is 2.76 bits per heavy atom. The molecule has 0 aliphatic rings. The molecule has 0 saturated carbocycles. The van der Waals surface area contributed by atoms with E-state index in [9.17, 15) is 4.79 Å². The summed E-state index contributed by atoms with van der Waals surface area (Å²) in [7, 11) is 0. The van der Waals surface area contributed by atoms with Crippen molar-refractivity contribution in [2.45, 2.75) is 6.42 Å². The molecule has 17 heavy (non-hydrogen) atoms. The van der Waals surface area contributed by atoms with Gasteiger partial charge in [-0.1, -0.05) is 41.7 Å². The molecule has 88 valence electrons. The number of nitrogens with zero attached hydrogens (tertiary/aromatic N) is 2. The van der Waals surface area contributed by atoms with Gasteiger partial charge in [0.15, 0.2) is 0 Å². The number of nitrogens with one attached hydrogen (secondary N) is 1. The van der Waals surface area contributed by atoms with E-state index in [2.05, 4.69) is 15.5 Å². The average molecular weight is 249 g/mol. The number of hydrogen-bond acceptors (Lipinski definition) is 5. The highest BCUT2D eigenvalue weighted by Crippen LogP contribution is 2.17.